The average Bonchev–Trinajstić information content (AvgIpc) is 2.48. The van der Waals surface area contributed by atoms with Crippen LogP contribution in [-0.4, -0.2) is 22.4 Å². The first kappa shape index (κ1) is 21.2. The Morgan fingerprint density at radius 1 is 1.36 bits per heavy atom. The van der Waals surface area contributed by atoms with Crippen molar-refractivity contribution in [1.29, 1.82) is 0 Å². The smallest absolute Gasteiger partial charge is 0.548 e. The number of ether oxygens (including phenoxy) is 1. The van der Waals surface area contributed by atoms with Gasteiger partial charge in [-0.1, -0.05) is 6.58 Å². The third kappa shape index (κ3) is 4.62. The van der Waals surface area contributed by atoms with Gasteiger partial charge >= 0.3 is 35.7 Å². The summed E-state index contributed by atoms with van der Waals surface area (Å²) in [6, 6.07) is 2.46. The zero-order valence-corrected chi connectivity index (χ0v) is 15.5. The van der Waals surface area contributed by atoms with Crippen LogP contribution in [0.3, 0.4) is 0 Å². The molecule has 0 aliphatic rings. The monoisotopic (exact) mass is 364 g/mol. The van der Waals surface area contributed by atoms with Crippen molar-refractivity contribution in [3.05, 3.63) is 46.4 Å². The van der Waals surface area contributed by atoms with Crippen molar-refractivity contribution in [2.45, 2.75) is 19.6 Å². The van der Waals surface area contributed by atoms with E-state index >= 15 is 0 Å². The Morgan fingerprint density at radius 2 is 2.00 bits per heavy atom. The van der Waals surface area contributed by atoms with E-state index in [1.54, 1.807) is 6.92 Å². The Labute approximate surface area is 162 Å². The molecular weight excluding hydrogens is 352 g/mol. The van der Waals surface area contributed by atoms with Gasteiger partial charge in [-0.05, 0) is 25.1 Å². The number of carbonyl (C=O) groups is 1. The van der Waals surface area contributed by atoms with Crippen molar-refractivity contribution < 1.29 is 57.4 Å². The second kappa shape index (κ2) is 8.03. The van der Waals surface area contributed by atoms with Crippen LogP contribution in [0.25, 0.3) is 16.5 Å². The summed E-state index contributed by atoms with van der Waals surface area (Å²) in [7, 11) is 0. The van der Waals surface area contributed by atoms with Crippen LogP contribution in [0.2, 0.25) is 0 Å². The first-order valence-corrected chi connectivity index (χ1v) is 6.79. The van der Waals surface area contributed by atoms with Crippen LogP contribution in [0.1, 0.15) is 18.2 Å². The number of carboxylic acids is 1. The van der Waals surface area contributed by atoms with E-state index in [1.165, 1.54) is 0 Å². The Balaban J connectivity index is 0.00000312. The third-order valence-electron chi connectivity index (χ3n) is 3.15. The number of hydrogen-bond acceptors (Lipinski definition) is 5. The Hall–Kier alpha value is -1.84. The third-order valence-corrected chi connectivity index (χ3v) is 3.15. The molecule has 128 valence electrons. The van der Waals surface area contributed by atoms with Gasteiger partial charge in [0.25, 0.3) is 5.56 Å². The van der Waals surface area contributed by atoms with Gasteiger partial charge in [0.1, 0.15) is 11.5 Å². The van der Waals surface area contributed by atoms with E-state index < -0.39 is 29.8 Å². The number of nitrogens with zero attached hydrogens (tertiary/aromatic N) is 2. The molecule has 0 radical (unpaired) electrons. The van der Waals surface area contributed by atoms with Gasteiger partial charge in [0, 0.05) is 5.39 Å². The van der Waals surface area contributed by atoms with Crippen LogP contribution in [-0.2, 0) is 22.3 Å². The molecule has 10 heteroatoms. The average molecular weight is 364 g/mol. The van der Waals surface area contributed by atoms with Crippen LogP contribution in [0.4, 0.5) is 13.2 Å². The molecule has 0 bridgehead atoms. The SMILES string of the molecule is C=C(OCC)c1nn(CC(=O)[O-])c(=O)c2ccc(C(F)(F)F)cc12.[Na+]. The summed E-state index contributed by atoms with van der Waals surface area (Å²) in [6.07, 6.45) is -4.61. The summed E-state index contributed by atoms with van der Waals surface area (Å²) in [5.74, 6) is -1.64. The molecule has 25 heavy (non-hydrogen) atoms. The molecule has 1 aromatic heterocycles. The van der Waals surface area contributed by atoms with E-state index in [2.05, 4.69) is 11.7 Å². The number of aromatic nitrogens is 2. The maximum absolute atomic E-state index is 12.9. The fraction of sp³-hybridized carbons (Fsp3) is 0.267. The fourth-order valence-electron chi connectivity index (χ4n) is 2.14. The van der Waals surface area contributed by atoms with Crippen LogP contribution in [0.15, 0.2) is 29.6 Å². The van der Waals surface area contributed by atoms with Crippen molar-refractivity contribution in [3.8, 4) is 0 Å². The van der Waals surface area contributed by atoms with E-state index in [1.807, 2.05) is 0 Å². The number of alkyl halides is 3. The maximum Gasteiger partial charge on any atom is 1.00 e. The van der Waals surface area contributed by atoms with Crippen molar-refractivity contribution in [1.82, 2.24) is 9.78 Å². The number of carboxylic acid groups (broad SMARTS) is 1. The number of fused-ring (bicyclic) bond motifs is 1. The molecular formula is C15H12F3N2NaO4. The van der Waals surface area contributed by atoms with Gasteiger partial charge in [0.2, 0.25) is 0 Å². The minimum atomic E-state index is -4.61. The molecule has 0 amide bonds. The predicted molar refractivity (Wildman–Crippen MR) is 76.7 cm³/mol. The van der Waals surface area contributed by atoms with Gasteiger partial charge in [-0.2, -0.15) is 18.3 Å². The molecule has 2 rings (SSSR count). The van der Waals surface area contributed by atoms with Gasteiger partial charge < -0.3 is 14.6 Å². The van der Waals surface area contributed by atoms with Crippen molar-refractivity contribution in [2.24, 2.45) is 0 Å². The maximum atomic E-state index is 12.9. The van der Waals surface area contributed by atoms with Crippen molar-refractivity contribution in [3.63, 3.8) is 0 Å². The second-order valence-electron chi connectivity index (χ2n) is 4.80. The minimum absolute atomic E-state index is 0. The largest absolute Gasteiger partial charge is 1.00 e. The Kier molecular flexibility index (Phi) is 6.81. The fourth-order valence-corrected chi connectivity index (χ4v) is 2.14. The quantitative estimate of drug-likeness (QED) is 0.461. The molecule has 2 aromatic rings. The molecule has 0 fully saturated rings. The van der Waals surface area contributed by atoms with Gasteiger partial charge in [-0.3, -0.25) is 4.79 Å². The van der Waals surface area contributed by atoms with E-state index in [9.17, 15) is 27.9 Å². The summed E-state index contributed by atoms with van der Waals surface area (Å²) >= 11 is 0. The Bertz CT molecular complexity index is 877. The summed E-state index contributed by atoms with van der Waals surface area (Å²) < 4.78 is 44.4. The van der Waals surface area contributed by atoms with Crippen LogP contribution < -0.4 is 40.2 Å². The van der Waals surface area contributed by atoms with E-state index in [0.717, 1.165) is 18.2 Å². The Morgan fingerprint density at radius 3 is 2.52 bits per heavy atom. The van der Waals surface area contributed by atoms with Crippen LogP contribution >= 0.6 is 0 Å². The van der Waals surface area contributed by atoms with Crippen molar-refractivity contribution >= 4 is 22.5 Å². The first-order valence-electron chi connectivity index (χ1n) is 6.79. The molecule has 0 aliphatic carbocycles. The summed E-state index contributed by atoms with van der Waals surface area (Å²) in [6.45, 7) is 4.52. The second-order valence-corrected chi connectivity index (χ2v) is 4.80. The molecule has 6 nitrogen and oxygen atoms in total. The molecule has 0 unspecified atom stereocenters. The number of aliphatic carboxylic acids is 1. The molecule has 1 aromatic carbocycles. The van der Waals surface area contributed by atoms with E-state index in [-0.39, 0.29) is 58.4 Å². The summed E-state index contributed by atoms with van der Waals surface area (Å²) in [5.41, 5.74) is -1.96. The molecule has 0 atom stereocenters. The zero-order chi connectivity index (χ0) is 18.1. The topological polar surface area (TPSA) is 84.2 Å². The zero-order valence-electron chi connectivity index (χ0n) is 13.5. The minimum Gasteiger partial charge on any atom is -0.548 e. The van der Waals surface area contributed by atoms with Gasteiger partial charge in [0.15, 0.2) is 0 Å². The van der Waals surface area contributed by atoms with Gasteiger partial charge in [-0.15, -0.1) is 0 Å². The van der Waals surface area contributed by atoms with E-state index in [0.29, 0.717) is 4.68 Å². The first-order chi connectivity index (χ1) is 11.1. The molecule has 1 heterocycles. The number of benzene rings is 1. The number of carbonyl (C=O) groups excluding carboxylic acids is 1. The molecule has 0 N–H and O–H groups in total. The van der Waals surface area contributed by atoms with Crippen LogP contribution in [0, 0.1) is 0 Å². The molecule has 0 saturated heterocycles. The summed E-state index contributed by atoms with van der Waals surface area (Å²) in [5, 5.41) is 14.3. The van der Waals surface area contributed by atoms with E-state index in [4.69, 9.17) is 4.74 Å². The number of halogens is 3. The molecule has 0 saturated carbocycles. The number of rotatable bonds is 5. The normalized spacial score (nSPS) is 11.0. The van der Waals surface area contributed by atoms with Crippen LogP contribution in [0.5, 0.6) is 0 Å². The number of hydrogen-bond donors (Lipinski definition) is 0. The van der Waals surface area contributed by atoms with Crippen molar-refractivity contribution in [2.75, 3.05) is 6.61 Å². The molecule has 0 spiro atoms. The van der Waals surface area contributed by atoms with Gasteiger partial charge in [-0.25, -0.2) is 4.68 Å². The van der Waals surface area contributed by atoms with Gasteiger partial charge in [0.05, 0.1) is 30.1 Å². The molecule has 0 aliphatic heterocycles. The standard InChI is InChI=1S/C15H13F3N2O4.Na/c1-3-24-8(2)13-11-6-9(15(16,17)18)4-5-10(11)14(23)20(19-13)7-12(21)22;/h4-6H,2-3,7H2,1H3,(H,21,22);/q;+1/p-1. The summed E-state index contributed by atoms with van der Waals surface area (Å²) in [4.78, 5) is 23.0. The predicted octanol–water partition coefficient (Wildman–Crippen LogP) is -1.82.